The molecule has 2 amide bonds. The number of para-hydroxylation sites is 1. The van der Waals surface area contributed by atoms with Crippen LogP contribution < -0.4 is 10.6 Å². The van der Waals surface area contributed by atoms with Gasteiger partial charge in [0.05, 0.1) is 6.04 Å². The van der Waals surface area contributed by atoms with Crippen molar-refractivity contribution in [2.24, 2.45) is 5.92 Å². The molecule has 1 saturated heterocycles. The highest BCUT2D eigenvalue weighted by atomic mass is 35.5. The van der Waals surface area contributed by atoms with Crippen LogP contribution in [-0.2, 0) is 9.59 Å². The van der Waals surface area contributed by atoms with Crippen LogP contribution in [0, 0.1) is 5.92 Å². The van der Waals surface area contributed by atoms with Crippen LogP contribution in [0.3, 0.4) is 0 Å². The third kappa shape index (κ3) is 5.31. The Hall–Kier alpha value is -2.37. The van der Waals surface area contributed by atoms with Gasteiger partial charge in [0.2, 0.25) is 11.8 Å². The maximum absolute atomic E-state index is 12.5. The van der Waals surface area contributed by atoms with E-state index < -0.39 is 0 Å². The van der Waals surface area contributed by atoms with E-state index in [9.17, 15) is 9.59 Å². The largest absolute Gasteiger partial charge is 0.326 e. The van der Waals surface area contributed by atoms with Crippen molar-refractivity contribution in [3.63, 3.8) is 0 Å². The molecule has 1 atom stereocenters. The van der Waals surface area contributed by atoms with E-state index in [-0.39, 0.29) is 23.8 Å². The van der Waals surface area contributed by atoms with Crippen LogP contribution in [0.25, 0.3) is 0 Å². The van der Waals surface area contributed by atoms with Crippen molar-refractivity contribution in [1.29, 1.82) is 0 Å². The van der Waals surface area contributed by atoms with E-state index in [2.05, 4.69) is 15.5 Å². The van der Waals surface area contributed by atoms with Crippen LogP contribution >= 0.6 is 11.6 Å². The predicted molar refractivity (Wildman–Crippen MR) is 109 cm³/mol. The lowest BCUT2D eigenvalue weighted by Crippen LogP contribution is -2.47. The number of carbonyl (C=O) groups is 2. The molecule has 27 heavy (non-hydrogen) atoms. The summed E-state index contributed by atoms with van der Waals surface area (Å²) in [7, 11) is 0. The van der Waals surface area contributed by atoms with E-state index in [1.807, 2.05) is 43.3 Å². The molecule has 0 bridgehead atoms. The molecular weight excluding hydrogens is 362 g/mol. The van der Waals surface area contributed by atoms with Gasteiger partial charge in [-0.05, 0) is 63.2 Å². The Balaban J connectivity index is 1.49. The molecule has 2 N–H and O–H groups in total. The van der Waals surface area contributed by atoms with Gasteiger partial charge in [-0.2, -0.15) is 0 Å². The molecule has 3 rings (SSSR count). The molecule has 142 valence electrons. The third-order valence-electron chi connectivity index (χ3n) is 4.96. The van der Waals surface area contributed by atoms with Crippen LogP contribution in [-0.4, -0.2) is 35.8 Å². The van der Waals surface area contributed by atoms with Crippen LogP contribution in [0.1, 0.15) is 19.8 Å². The van der Waals surface area contributed by atoms with E-state index in [4.69, 9.17) is 11.6 Å². The zero-order chi connectivity index (χ0) is 19.2. The minimum atomic E-state index is -0.262. The minimum absolute atomic E-state index is 0.0235. The second-order valence-corrected chi connectivity index (χ2v) is 7.28. The molecule has 0 unspecified atom stereocenters. The van der Waals surface area contributed by atoms with Crippen LogP contribution in [0.5, 0.6) is 0 Å². The number of amides is 2. The molecule has 0 spiro atoms. The Morgan fingerprint density at radius 3 is 2.33 bits per heavy atom. The van der Waals surface area contributed by atoms with Crippen molar-refractivity contribution >= 4 is 34.8 Å². The summed E-state index contributed by atoms with van der Waals surface area (Å²) in [6.45, 7) is 3.33. The number of halogens is 1. The van der Waals surface area contributed by atoms with Gasteiger partial charge in [0.15, 0.2) is 0 Å². The van der Waals surface area contributed by atoms with Crippen molar-refractivity contribution in [3.05, 3.63) is 59.6 Å². The third-order valence-corrected chi connectivity index (χ3v) is 5.20. The Labute approximate surface area is 164 Å². The van der Waals surface area contributed by atoms with Crippen molar-refractivity contribution < 1.29 is 9.59 Å². The molecule has 1 heterocycles. The topological polar surface area (TPSA) is 61.4 Å². The summed E-state index contributed by atoms with van der Waals surface area (Å²) in [6.07, 6.45) is 1.49. The van der Waals surface area contributed by atoms with Crippen LogP contribution in [0.4, 0.5) is 11.4 Å². The standard InChI is InChI=1S/C21H24ClN3O2/c1-15(20(26)24-19-9-5-6-17(22)14-19)25-12-10-16(11-13-25)21(27)23-18-7-3-2-4-8-18/h2-9,14-16H,10-13H2,1H3,(H,23,27)(H,24,26)/t15-/m0/s1. The Morgan fingerprint density at radius 1 is 1.00 bits per heavy atom. The van der Waals surface area contributed by atoms with Gasteiger partial charge < -0.3 is 10.6 Å². The Kier molecular flexibility index (Phi) is 6.48. The Morgan fingerprint density at radius 2 is 1.67 bits per heavy atom. The molecule has 2 aromatic rings. The molecule has 1 aliphatic rings. The first-order valence-electron chi connectivity index (χ1n) is 9.19. The van der Waals surface area contributed by atoms with E-state index >= 15 is 0 Å². The van der Waals surface area contributed by atoms with E-state index in [1.54, 1.807) is 18.2 Å². The summed E-state index contributed by atoms with van der Waals surface area (Å²) < 4.78 is 0. The quantitative estimate of drug-likeness (QED) is 0.817. The number of nitrogens with one attached hydrogen (secondary N) is 2. The van der Waals surface area contributed by atoms with Gasteiger partial charge in [-0.3, -0.25) is 14.5 Å². The fraction of sp³-hybridized carbons (Fsp3) is 0.333. The van der Waals surface area contributed by atoms with Crippen molar-refractivity contribution in [2.45, 2.75) is 25.8 Å². The number of rotatable bonds is 5. The zero-order valence-corrected chi connectivity index (χ0v) is 16.1. The number of carbonyl (C=O) groups excluding carboxylic acids is 2. The molecule has 1 aliphatic heterocycles. The Bertz CT molecular complexity index is 789. The van der Waals surface area contributed by atoms with Gasteiger partial charge in [0.25, 0.3) is 0 Å². The number of nitrogens with zero attached hydrogens (tertiary/aromatic N) is 1. The summed E-state index contributed by atoms with van der Waals surface area (Å²) in [5.74, 6) is -0.0361. The second kappa shape index (κ2) is 9.02. The summed E-state index contributed by atoms with van der Waals surface area (Å²) in [4.78, 5) is 27.1. The lowest BCUT2D eigenvalue weighted by molar-refractivity contribution is -0.123. The first kappa shape index (κ1) is 19.4. The summed E-state index contributed by atoms with van der Waals surface area (Å²) in [5, 5.41) is 6.46. The SMILES string of the molecule is C[C@@H](C(=O)Nc1cccc(Cl)c1)N1CCC(C(=O)Nc2ccccc2)CC1. The molecular formula is C21H24ClN3O2. The number of benzene rings is 2. The summed E-state index contributed by atoms with van der Waals surface area (Å²) >= 11 is 5.96. The van der Waals surface area contributed by atoms with Crippen molar-refractivity contribution in [1.82, 2.24) is 4.90 Å². The second-order valence-electron chi connectivity index (χ2n) is 6.84. The van der Waals surface area contributed by atoms with Gasteiger partial charge in [0, 0.05) is 22.3 Å². The van der Waals surface area contributed by atoms with Crippen molar-refractivity contribution in [2.75, 3.05) is 23.7 Å². The highest BCUT2D eigenvalue weighted by molar-refractivity contribution is 6.30. The molecule has 1 fully saturated rings. The number of likely N-dealkylation sites (tertiary alicyclic amines) is 1. The fourth-order valence-electron chi connectivity index (χ4n) is 3.29. The molecule has 0 aliphatic carbocycles. The molecule has 0 aromatic heterocycles. The lowest BCUT2D eigenvalue weighted by atomic mass is 9.94. The predicted octanol–water partition coefficient (Wildman–Crippen LogP) is 4.02. The molecule has 0 saturated carbocycles. The van der Waals surface area contributed by atoms with Crippen molar-refractivity contribution in [3.8, 4) is 0 Å². The number of hydrogen-bond donors (Lipinski definition) is 2. The number of anilines is 2. The maximum Gasteiger partial charge on any atom is 0.241 e. The zero-order valence-electron chi connectivity index (χ0n) is 15.3. The van der Waals surface area contributed by atoms with Gasteiger partial charge in [-0.1, -0.05) is 35.9 Å². The van der Waals surface area contributed by atoms with Gasteiger partial charge in [0.1, 0.15) is 0 Å². The lowest BCUT2D eigenvalue weighted by Gasteiger charge is -2.34. The normalized spacial score (nSPS) is 16.5. The highest BCUT2D eigenvalue weighted by Crippen LogP contribution is 2.22. The van der Waals surface area contributed by atoms with Crippen LogP contribution in [0.15, 0.2) is 54.6 Å². The monoisotopic (exact) mass is 385 g/mol. The number of piperidine rings is 1. The van der Waals surface area contributed by atoms with Gasteiger partial charge >= 0.3 is 0 Å². The molecule has 0 radical (unpaired) electrons. The first-order chi connectivity index (χ1) is 13.0. The molecule has 2 aromatic carbocycles. The average molecular weight is 386 g/mol. The van der Waals surface area contributed by atoms with Crippen LogP contribution in [0.2, 0.25) is 5.02 Å². The van der Waals surface area contributed by atoms with Gasteiger partial charge in [-0.25, -0.2) is 0 Å². The fourth-order valence-corrected chi connectivity index (χ4v) is 3.48. The van der Waals surface area contributed by atoms with E-state index in [0.717, 1.165) is 31.6 Å². The smallest absolute Gasteiger partial charge is 0.241 e. The first-order valence-corrected chi connectivity index (χ1v) is 9.57. The highest BCUT2D eigenvalue weighted by Gasteiger charge is 2.29. The average Bonchev–Trinajstić information content (AvgIpc) is 2.68. The molecule has 6 heteroatoms. The maximum atomic E-state index is 12.5. The summed E-state index contributed by atoms with van der Waals surface area (Å²) in [6, 6.07) is 16.3. The molecule has 5 nitrogen and oxygen atoms in total. The number of hydrogen-bond acceptors (Lipinski definition) is 3. The van der Waals surface area contributed by atoms with E-state index in [0.29, 0.717) is 10.7 Å². The minimum Gasteiger partial charge on any atom is -0.326 e. The van der Waals surface area contributed by atoms with E-state index in [1.165, 1.54) is 0 Å². The summed E-state index contributed by atoms with van der Waals surface area (Å²) in [5.41, 5.74) is 1.51. The van der Waals surface area contributed by atoms with Gasteiger partial charge in [-0.15, -0.1) is 0 Å².